The number of ether oxygens (including phenoxy) is 1. The molecule has 2 N–H and O–H groups in total. The van der Waals surface area contributed by atoms with E-state index in [9.17, 15) is 9.90 Å². The van der Waals surface area contributed by atoms with Crippen molar-refractivity contribution < 1.29 is 14.6 Å². The third-order valence-electron chi connectivity index (χ3n) is 4.17. The van der Waals surface area contributed by atoms with Crippen molar-refractivity contribution >= 4 is 6.09 Å². The number of nitrogens with one attached hydrogen (secondary N) is 1. The summed E-state index contributed by atoms with van der Waals surface area (Å²) in [6, 6.07) is 0.0994. The van der Waals surface area contributed by atoms with Gasteiger partial charge in [-0.15, -0.1) is 0 Å². The number of carbonyl (C=O) groups excluding carboxylic acids is 1. The summed E-state index contributed by atoms with van der Waals surface area (Å²) in [5.74, 6) is 0. The second kappa shape index (κ2) is 5.29. The molecule has 19 heavy (non-hydrogen) atoms. The lowest BCUT2D eigenvalue weighted by Crippen LogP contribution is -2.63. The highest BCUT2D eigenvalue weighted by atomic mass is 16.6. The lowest BCUT2D eigenvalue weighted by molar-refractivity contribution is -0.0547. The first-order valence-corrected chi connectivity index (χ1v) is 7.19. The van der Waals surface area contributed by atoms with Crippen molar-refractivity contribution in [1.82, 2.24) is 10.2 Å². The van der Waals surface area contributed by atoms with E-state index in [1.807, 2.05) is 25.7 Å². The first-order chi connectivity index (χ1) is 8.88. The van der Waals surface area contributed by atoms with Gasteiger partial charge in [0.25, 0.3) is 0 Å². The van der Waals surface area contributed by atoms with Crippen LogP contribution in [-0.4, -0.2) is 54.0 Å². The van der Waals surface area contributed by atoms with E-state index in [4.69, 9.17) is 4.74 Å². The van der Waals surface area contributed by atoms with E-state index in [-0.39, 0.29) is 24.2 Å². The van der Waals surface area contributed by atoms with E-state index in [2.05, 4.69) is 5.32 Å². The van der Waals surface area contributed by atoms with Crippen LogP contribution in [0.5, 0.6) is 0 Å². The van der Waals surface area contributed by atoms with E-state index in [1.54, 1.807) is 0 Å². The third kappa shape index (κ3) is 3.03. The van der Waals surface area contributed by atoms with Crippen molar-refractivity contribution in [2.24, 2.45) is 5.41 Å². The second-order valence-corrected chi connectivity index (χ2v) is 6.78. The van der Waals surface area contributed by atoms with Crippen LogP contribution >= 0.6 is 0 Å². The molecule has 2 atom stereocenters. The quantitative estimate of drug-likeness (QED) is 0.755. The van der Waals surface area contributed by atoms with Gasteiger partial charge in [0, 0.05) is 24.5 Å². The Bertz CT molecular complexity index is 336. The van der Waals surface area contributed by atoms with Crippen LogP contribution in [0.15, 0.2) is 0 Å². The highest BCUT2D eigenvalue weighted by molar-refractivity contribution is 5.69. The Morgan fingerprint density at radius 2 is 2.26 bits per heavy atom. The highest BCUT2D eigenvalue weighted by Gasteiger charge is 2.48. The molecule has 0 aromatic rings. The van der Waals surface area contributed by atoms with Gasteiger partial charge in [-0.05, 0) is 46.6 Å². The molecule has 0 aromatic carbocycles. The molecule has 2 aliphatic rings. The smallest absolute Gasteiger partial charge is 0.410 e. The molecule has 0 aromatic heterocycles. The normalized spacial score (nSPS) is 31.8. The van der Waals surface area contributed by atoms with Crippen molar-refractivity contribution in [3.8, 4) is 0 Å². The first kappa shape index (κ1) is 14.6. The fourth-order valence-corrected chi connectivity index (χ4v) is 3.28. The summed E-state index contributed by atoms with van der Waals surface area (Å²) < 4.78 is 5.50. The molecule has 2 unspecified atom stereocenters. The molecule has 2 rings (SSSR count). The Kier molecular flexibility index (Phi) is 4.06. The van der Waals surface area contributed by atoms with E-state index in [0.717, 1.165) is 38.9 Å². The standard InChI is InChI=1S/C14H26N2O3/c1-13(2,3)19-12(18)16-8-4-6-14(10-17)9-15-7-5-11(14)16/h11,15,17H,4-10H2,1-3H3. The van der Waals surface area contributed by atoms with Crippen LogP contribution in [0.4, 0.5) is 4.79 Å². The average Bonchev–Trinajstić information content (AvgIpc) is 2.35. The van der Waals surface area contributed by atoms with Gasteiger partial charge in [-0.25, -0.2) is 4.79 Å². The highest BCUT2D eigenvalue weighted by Crippen LogP contribution is 2.39. The summed E-state index contributed by atoms with van der Waals surface area (Å²) >= 11 is 0. The van der Waals surface area contributed by atoms with E-state index in [1.165, 1.54) is 0 Å². The third-order valence-corrected chi connectivity index (χ3v) is 4.17. The Morgan fingerprint density at radius 3 is 2.89 bits per heavy atom. The molecule has 2 aliphatic heterocycles. The number of piperidine rings is 2. The fraction of sp³-hybridized carbons (Fsp3) is 0.929. The van der Waals surface area contributed by atoms with E-state index < -0.39 is 5.60 Å². The molecule has 0 saturated carbocycles. The van der Waals surface area contributed by atoms with Gasteiger partial charge in [-0.3, -0.25) is 0 Å². The topological polar surface area (TPSA) is 61.8 Å². The second-order valence-electron chi connectivity index (χ2n) is 6.78. The summed E-state index contributed by atoms with van der Waals surface area (Å²) in [4.78, 5) is 14.2. The van der Waals surface area contributed by atoms with Gasteiger partial charge in [0.1, 0.15) is 5.60 Å². The van der Waals surface area contributed by atoms with Gasteiger partial charge >= 0.3 is 6.09 Å². The Labute approximate surface area is 115 Å². The SMILES string of the molecule is CC(C)(C)OC(=O)N1CCCC2(CO)CNCCC12. The number of hydrogen-bond acceptors (Lipinski definition) is 4. The predicted octanol–water partition coefficient (Wildman–Crippen LogP) is 1.36. The Hall–Kier alpha value is -0.810. The zero-order valence-electron chi connectivity index (χ0n) is 12.2. The molecule has 0 radical (unpaired) electrons. The molecule has 0 aliphatic carbocycles. The maximum atomic E-state index is 12.3. The van der Waals surface area contributed by atoms with Crippen molar-refractivity contribution in [3.05, 3.63) is 0 Å². The molecule has 2 saturated heterocycles. The summed E-state index contributed by atoms with van der Waals surface area (Å²) in [7, 11) is 0. The van der Waals surface area contributed by atoms with Crippen LogP contribution in [0.1, 0.15) is 40.0 Å². The molecule has 2 fully saturated rings. The fourth-order valence-electron chi connectivity index (χ4n) is 3.28. The number of rotatable bonds is 1. The summed E-state index contributed by atoms with van der Waals surface area (Å²) in [6.45, 7) is 8.20. The molecule has 0 bridgehead atoms. The van der Waals surface area contributed by atoms with Crippen LogP contribution in [0.2, 0.25) is 0 Å². The van der Waals surface area contributed by atoms with Crippen molar-refractivity contribution in [3.63, 3.8) is 0 Å². The first-order valence-electron chi connectivity index (χ1n) is 7.19. The number of aliphatic hydroxyl groups excluding tert-OH is 1. The molecule has 2 heterocycles. The minimum Gasteiger partial charge on any atom is -0.444 e. The lowest BCUT2D eigenvalue weighted by Gasteiger charge is -2.51. The molecule has 5 heteroatoms. The maximum Gasteiger partial charge on any atom is 0.410 e. The van der Waals surface area contributed by atoms with Crippen molar-refractivity contribution in [1.29, 1.82) is 0 Å². The average molecular weight is 270 g/mol. The molecule has 1 amide bonds. The van der Waals surface area contributed by atoms with Crippen molar-refractivity contribution in [2.45, 2.75) is 51.7 Å². The largest absolute Gasteiger partial charge is 0.444 e. The zero-order valence-corrected chi connectivity index (χ0v) is 12.2. The van der Waals surface area contributed by atoms with E-state index in [0.29, 0.717) is 0 Å². The summed E-state index contributed by atoms with van der Waals surface area (Å²) in [6.07, 6.45) is 2.55. The molecular weight excluding hydrogens is 244 g/mol. The predicted molar refractivity (Wildman–Crippen MR) is 73.0 cm³/mol. The molecule has 110 valence electrons. The van der Waals surface area contributed by atoms with Gasteiger partial charge in [-0.2, -0.15) is 0 Å². The van der Waals surface area contributed by atoms with Crippen molar-refractivity contribution in [2.75, 3.05) is 26.2 Å². The van der Waals surface area contributed by atoms with Crippen LogP contribution in [0.3, 0.4) is 0 Å². The zero-order chi connectivity index (χ0) is 14.1. The number of amides is 1. The number of fused-ring (bicyclic) bond motifs is 1. The molecular formula is C14H26N2O3. The lowest BCUT2D eigenvalue weighted by atomic mass is 9.70. The van der Waals surface area contributed by atoms with Crippen LogP contribution in [-0.2, 0) is 4.74 Å². The number of likely N-dealkylation sites (tertiary alicyclic amines) is 1. The van der Waals surface area contributed by atoms with Gasteiger partial charge < -0.3 is 20.1 Å². The van der Waals surface area contributed by atoms with Crippen LogP contribution in [0.25, 0.3) is 0 Å². The van der Waals surface area contributed by atoms with Gasteiger partial charge in [-0.1, -0.05) is 0 Å². The summed E-state index contributed by atoms with van der Waals surface area (Å²) in [5.41, 5.74) is -0.656. The Balaban J connectivity index is 2.14. The number of carbonyl (C=O) groups is 1. The van der Waals surface area contributed by atoms with E-state index >= 15 is 0 Å². The molecule has 5 nitrogen and oxygen atoms in total. The monoisotopic (exact) mass is 270 g/mol. The van der Waals surface area contributed by atoms with Crippen LogP contribution in [0, 0.1) is 5.41 Å². The maximum absolute atomic E-state index is 12.3. The van der Waals surface area contributed by atoms with Gasteiger partial charge in [0.2, 0.25) is 0 Å². The van der Waals surface area contributed by atoms with Crippen LogP contribution < -0.4 is 5.32 Å². The number of nitrogens with zero attached hydrogens (tertiary/aromatic N) is 1. The summed E-state index contributed by atoms with van der Waals surface area (Å²) in [5, 5.41) is 13.1. The minimum atomic E-state index is -0.469. The Morgan fingerprint density at radius 1 is 1.53 bits per heavy atom. The van der Waals surface area contributed by atoms with Gasteiger partial charge in [0.05, 0.1) is 6.61 Å². The number of aliphatic hydroxyl groups is 1. The number of hydrogen-bond donors (Lipinski definition) is 2. The molecule has 0 spiro atoms. The minimum absolute atomic E-state index is 0.0994. The van der Waals surface area contributed by atoms with Gasteiger partial charge in [0.15, 0.2) is 0 Å².